The van der Waals surface area contributed by atoms with Gasteiger partial charge in [-0.15, -0.1) is 0 Å². The predicted molar refractivity (Wildman–Crippen MR) is 213 cm³/mol. The highest BCUT2D eigenvalue weighted by Gasteiger charge is 2.62. The number of allylic oxidation sites excluding steroid dienone is 1. The minimum Gasteiger partial charge on any atom is -0.489 e. The van der Waals surface area contributed by atoms with Crippen LogP contribution in [0.4, 0.5) is 10.5 Å². The summed E-state index contributed by atoms with van der Waals surface area (Å²) in [4.78, 5) is 65.0. The first-order chi connectivity index (χ1) is 27.8. The third-order valence-electron chi connectivity index (χ3n) is 13.6. The molecule has 4 heterocycles. The fourth-order valence-electron chi connectivity index (χ4n) is 9.86. The number of rotatable bonds is 7. The van der Waals surface area contributed by atoms with Crippen LogP contribution in [-0.2, 0) is 29.1 Å². The van der Waals surface area contributed by atoms with Gasteiger partial charge in [0.25, 0.3) is 5.91 Å². The first kappa shape index (κ1) is 38.9. The molecule has 2 aromatic rings. The molecule has 15 nitrogen and oxygen atoms in total. The lowest BCUT2D eigenvalue weighted by Crippen LogP contribution is -2.59. The molecule has 5 fully saturated rings. The Balaban J connectivity index is 1.02. The Morgan fingerprint density at radius 1 is 1.00 bits per heavy atom. The van der Waals surface area contributed by atoms with Gasteiger partial charge in [0.1, 0.15) is 36.4 Å². The van der Waals surface area contributed by atoms with Crippen molar-refractivity contribution in [2.45, 2.75) is 113 Å². The first-order valence-corrected chi connectivity index (χ1v) is 22.6. The van der Waals surface area contributed by atoms with Crippen LogP contribution in [0, 0.1) is 29.6 Å². The monoisotopic (exact) mass is 818 g/mol. The van der Waals surface area contributed by atoms with Gasteiger partial charge in [-0.3, -0.25) is 19.1 Å². The van der Waals surface area contributed by atoms with Crippen molar-refractivity contribution in [3.8, 4) is 11.6 Å². The number of hydrogen-bond donors (Lipinski definition) is 3. The zero-order chi connectivity index (χ0) is 40.5. The van der Waals surface area contributed by atoms with E-state index in [2.05, 4.69) is 32.2 Å². The van der Waals surface area contributed by atoms with Crippen LogP contribution >= 0.6 is 0 Å². The average molecular weight is 819 g/mol. The van der Waals surface area contributed by atoms with Crippen molar-refractivity contribution in [1.82, 2.24) is 25.2 Å². The van der Waals surface area contributed by atoms with Crippen molar-refractivity contribution in [3.05, 3.63) is 36.5 Å². The van der Waals surface area contributed by atoms with Crippen LogP contribution in [0.3, 0.4) is 0 Å². The van der Waals surface area contributed by atoms with Crippen LogP contribution in [0.2, 0.25) is 0 Å². The van der Waals surface area contributed by atoms with Crippen LogP contribution in [0.25, 0.3) is 10.8 Å². The third-order valence-corrected chi connectivity index (χ3v) is 15.4. The number of ether oxygens (including phenoxy) is 3. The SMILES string of the molecule is C[C@@H]1CC/C=C\C2C[C@@]2(C(=O)NS(=O)(=O)C2CC2)NC(=O)[C@@H]2C[C@@H](Oc3nccc4c5c(ccc34)N(C)CCO5)CN2C(=O)[C@@H](NC(=O)O[C@@H]2C[C@@H]3C[C@@H]3C2)[C@H](C)C1. The van der Waals surface area contributed by atoms with Crippen LogP contribution in [0.5, 0.6) is 11.6 Å². The van der Waals surface area contributed by atoms with Crippen molar-refractivity contribution in [3.63, 3.8) is 0 Å². The number of likely N-dealkylation sites (N-methyl/N-ethyl adjacent to an activating group) is 1. The zero-order valence-corrected chi connectivity index (χ0v) is 34.2. The molecule has 0 bridgehead atoms. The highest BCUT2D eigenvalue weighted by Crippen LogP contribution is 2.52. The molecular formula is C42H54N6O9S. The molecule has 0 radical (unpaired) electrons. The molecule has 3 N–H and O–H groups in total. The molecule has 4 saturated carbocycles. The number of aromatic nitrogens is 1. The van der Waals surface area contributed by atoms with Gasteiger partial charge in [-0.1, -0.05) is 26.0 Å². The van der Waals surface area contributed by atoms with E-state index in [-0.39, 0.29) is 37.3 Å². The minimum atomic E-state index is -3.90. The Morgan fingerprint density at radius 2 is 1.79 bits per heavy atom. The van der Waals surface area contributed by atoms with Crippen molar-refractivity contribution in [2.24, 2.45) is 29.6 Å². The Labute approximate surface area is 339 Å². The van der Waals surface area contributed by atoms with Gasteiger partial charge in [0.2, 0.25) is 27.7 Å². The van der Waals surface area contributed by atoms with Gasteiger partial charge in [0, 0.05) is 36.4 Å². The molecule has 16 heteroatoms. The largest absolute Gasteiger partial charge is 0.489 e. The van der Waals surface area contributed by atoms with E-state index in [0.717, 1.165) is 42.6 Å². The molecule has 7 aliphatic rings. The normalized spacial score (nSPS) is 35.1. The fraction of sp³-hybridized carbons (Fsp3) is 0.643. The highest BCUT2D eigenvalue weighted by molar-refractivity contribution is 7.91. The number of carbonyl (C=O) groups is 4. The van der Waals surface area contributed by atoms with E-state index in [9.17, 15) is 27.6 Å². The van der Waals surface area contributed by atoms with E-state index in [1.807, 2.05) is 44.3 Å². The minimum absolute atomic E-state index is 0.000755. The van der Waals surface area contributed by atoms with Crippen LogP contribution in [0.1, 0.15) is 78.1 Å². The van der Waals surface area contributed by atoms with Crippen LogP contribution in [0.15, 0.2) is 36.5 Å². The number of pyridine rings is 1. The molecule has 1 aromatic carbocycles. The molecule has 58 heavy (non-hydrogen) atoms. The fourth-order valence-corrected chi connectivity index (χ4v) is 11.2. The van der Waals surface area contributed by atoms with Crippen LogP contribution in [-0.4, -0.2) is 104 Å². The molecule has 4 aliphatic carbocycles. The molecule has 4 amide bonds. The summed E-state index contributed by atoms with van der Waals surface area (Å²) in [6.07, 6.45) is 10.2. The maximum atomic E-state index is 14.9. The maximum Gasteiger partial charge on any atom is 0.408 e. The van der Waals surface area contributed by atoms with E-state index in [0.29, 0.717) is 55.4 Å². The second-order valence-electron chi connectivity index (χ2n) is 18.0. The van der Waals surface area contributed by atoms with Gasteiger partial charge in [-0.2, -0.15) is 0 Å². The molecule has 312 valence electrons. The number of benzene rings is 1. The van der Waals surface area contributed by atoms with E-state index < -0.39 is 68.7 Å². The number of fused-ring (bicyclic) bond motifs is 6. The lowest BCUT2D eigenvalue weighted by Gasteiger charge is -2.33. The average Bonchev–Trinajstić information content (AvgIpc) is 4.15. The highest BCUT2D eigenvalue weighted by atomic mass is 32.2. The van der Waals surface area contributed by atoms with Gasteiger partial charge >= 0.3 is 6.09 Å². The lowest BCUT2D eigenvalue weighted by molar-refractivity contribution is -0.142. The van der Waals surface area contributed by atoms with E-state index in [4.69, 9.17) is 14.2 Å². The van der Waals surface area contributed by atoms with Crippen molar-refractivity contribution in [2.75, 3.05) is 31.6 Å². The summed E-state index contributed by atoms with van der Waals surface area (Å²) >= 11 is 0. The third kappa shape index (κ3) is 7.56. The summed E-state index contributed by atoms with van der Waals surface area (Å²) in [6.45, 7) is 5.33. The summed E-state index contributed by atoms with van der Waals surface area (Å²) in [5.74, 6) is -0.147. The number of carbonyl (C=O) groups excluding carboxylic acids is 4. The number of nitrogens with zero attached hydrogens (tertiary/aromatic N) is 3. The molecule has 1 aromatic heterocycles. The first-order valence-electron chi connectivity index (χ1n) is 21.0. The van der Waals surface area contributed by atoms with Gasteiger partial charge in [0.15, 0.2) is 5.75 Å². The lowest BCUT2D eigenvalue weighted by atomic mass is 9.88. The maximum absolute atomic E-state index is 14.9. The Bertz CT molecular complexity index is 2140. The van der Waals surface area contributed by atoms with Crippen molar-refractivity contribution < 1.29 is 41.8 Å². The topological polar surface area (TPSA) is 186 Å². The number of amides is 4. The van der Waals surface area contributed by atoms with Gasteiger partial charge in [-0.25, -0.2) is 18.2 Å². The van der Waals surface area contributed by atoms with Gasteiger partial charge in [-0.05, 0) is 99.7 Å². The van der Waals surface area contributed by atoms with Gasteiger partial charge in [0.05, 0.1) is 24.0 Å². The second kappa shape index (κ2) is 14.9. The Morgan fingerprint density at radius 3 is 2.57 bits per heavy atom. The summed E-state index contributed by atoms with van der Waals surface area (Å²) in [5.41, 5.74) is -0.555. The smallest absolute Gasteiger partial charge is 0.408 e. The molecule has 0 spiro atoms. The summed E-state index contributed by atoms with van der Waals surface area (Å²) in [6, 6.07) is 3.64. The molecule has 1 unspecified atom stereocenters. The molecule has 10 atom stereocenters. The standard InChI is InChI=1S/C42H54N6O9S/c1-23-6-4-5-7-27-21-42(27,40(51)46-58(53,54)30-8-9-30)45-37(49)34-20-29(56-38-32-10-11-33-36(31(32)12-13-43-38)55-15-14-47(33)3)22-48(34)39(50)35(24(2)16-23)44-41(52)57-28-18-25-17-26(25)19-28/h5,7,10-13,23-30,34-35H,4,6,8-9,14-22H2,1-3H3,(H,44,52)(H,45,49)(H,46,51)/b7-5-/t23-,24-,25-,26+,27?,28+,29-,34+,35+,42-/m1/s1. The number of anilines is 1. The molecule has 9 rings (SSSR count). The number of alkyl carbamates (subject to hydrolysis) is 1. The summed E-state index contributed by atoms with van der Waals surface area (Å²) < 4.78 is 46.7. The Kier molecular flexibility index (Phi) is 9.99. The second-order valence-corrected chi connectivity index (χ2v) is 20.0. The molecule has 1 saturated heterocycles. The number of hydrogen-bond acceptors (Lipinski definition) is 11. The van der Waals surface area contributed by atoms with E-state index in [1.165, 1.54) is 11.3 Å². The van der Waals surface area contributed by atoms with E-state index >= 15 is 0 Å². The predicted octanol–water partition coefficient (Wildman–Crippen LogP) is 3.80. The zero-order valence-electron chi connectivity index (χ0n) is 33.4. The van der Waals surface area contributed by atoms with Crippen molar-refractivity contribution in [1.29, 1.82) is 0 Å². The molecular weight excluding hydrogens is 765 g/mol. The quantitative estimate of drug-likeness (QED) is 0.346. The van der Waals surface area contributed by atoms with Gasteiger partial charge < -0.3 is 34.6 Å². The summed E-state index contributed by atoms with van der Waals surface area (Å²) in [7, 11) is -1.89. The molecule has 3 aliphatic heterocycles. The Hall–Kier alpha value is -4.60. The number of nitrogens with one attached hydrogen (secondary N) is 3. The number of sulfonamides is 1. The summed E-state index contributed by atoms with van der Waals surface area (Å²) in [5, 5.41) is 6.76. The van der Waals surface area contributed by atoms with Crippen molar-refractivity contribution >= 4 is 50.3 Å². The van der Waals surface area contributed by atoms with E-state index in [1.54, 1.807) is 6.20 Å². The van der Waals surface area contributed by atoms with Crippen LogP contribution < -0.4 is 29.7 Å².